The number of carbonyl (C=O) groups is 1. The molecule has 0 heterocycles. The van der Waals surface area contributed by atoms with Gasteiger partial charge in [-0.1, -0.05) is 19.3 Å². The van der Waals surface area contributed by atoms with E-state index in [-0.39, 0.29) is 5.91 Å². The van der Waals surface area contributed by atoms with Crippen molar-refractivity contribution in [2.45, 2.75) is 65.3 Å². The van der Waals surface area contributed by atoms with Crippen LogP contribution < -0.4 is 10.6 Å². The van der Waals surface area contributed by atoms with Crippen LogP contribution >= 0.6 is 0 Å². The van der Waals surface area contributed by atoms with Crippen LogP contribution in [0.4, 0.5) is 0 Å². The minimum atomic E-state index is 0.199. The summed E-state index contributed by atoms with van der Waals surface area (Å²) in [4.78, 5) is 21.0. The van der Waals surface area contributed by atoms with Gasteiger partial charge in [0.05, 0.1) is 6.54 Å². The number of nitrogens with one attached hydrogen (secondary N) is 2. The molecule has 0 aromatic rings. The van der Waals surface area contributed by atoms with Gasteiger partial charge in [-0.2, -0.15) is 0 Å². The van der Waals surface area contributed by atoms with E-state index in [4.69, 9.17) is 0 Å². The fraction of sp³-hybridized carbons (Fsp3) is 0.895. The summed E-state index contributed by atoms with van der Waals surface area (Å²) in [6, 6.07) is 0.728. The lowest BCUT2D eigenvalue weighted by Crippen LogP contribution is -2.41. The standard InChI is InChI=1S/C19H39N5O/c1-5-20-19(21-14-13-18(25)24(6-2)7-3)22-15-16-23(4)17-11-9-8-10-12-17/h17H,5-16H2,1-4H3,(H2,20,21,22). The van der Waals surface area contributed by atoms with Gasteiger partial charge in [0, 0.05) is 45.2 Å². The van der Waals surface area contributed by atoms with Crippen molar-refractivity contribution in [3.63, 3.8) is 0 Å². The Morgan fingerprint density at radius 1 is 1.08 bits per heavy atom. The van der Waals surface area contributed by atoms with Gasteiger partial charge >= 0.3 is 0 Å². The number of guanidine groups is 1. The van der Waals surface area contributed by atoms with E-state index in [0.717, 1.165) is 44.7 Å². The Hall–Kier alpha value is -1.30. The highest BCUT2D eigenvalue weighted by atomic mass is 16.2. The summed E-state index contributed by atoms with van der Waals surface area (Å²) in [7, 11) is 2.22. The van der Waals surface area contributed by atoms with Crippen LogP contribution in [-0.4, -0.2) is 74.0 Å². The molecule has 25 heavy (non-hydrogen) atoms. The molecule has 1 rings (SSSR count). The maximum absolute atomic E-state index is 12.0. The molecule has 1 amide bonds. The Morgan fingerprint density at radius 2 is 1.76 bits per heavy atom. The third kappa shape index (κ3) is 8.56. The highest BCUT2D eigenvalue weighted by Crippen LogP contribution is 2.21. The van der Waals surface area contributed by atoms with E-state index >= 15 is 0 Å². The summed E-state index contributed by atoms with van der Waals surface area (Å²) in [6.45, 7) is 10.9. The first-order valence-electron chi connectivity index (χ1n) is 10.1. The number of likely N-dealkylation sites (N-methyl/N-ethyl adjacent to an activating group) is 1. The van der Waals surface area contributed by atoms with Crippen molar-refractivity contribution in [3.8, 4) is 0 Å². The number of aliphatic imine (C=N–C) groups is 1. The van der Waals surface area contributed by atoms with Crippen LogP contribution in [0.25, 0.3) is 0 Å². The fourth-order valence-corrected chi connectivity index (χ4v) is 3.39. The lowest BCUT2D eigenvalue weighted by Gasteiger charge is -2.30. The van der Waals surface area contributed by atoms with Crippen LogP contribution in [0.3, 0.4) is 0 Å². The van der Waals surface area contributed by atoms with E-state index in [9.17, 15) is 4.79 Å². The molecule has 0 unspecified atom stereocenters. The van der Waals surface area contributed by atoms with Gasteiger partial charge in [-0.15, -0.1) is 0 Å². The molecule has 1 aliphatic rings. The van der Waals surface area contributed by atoms with E-state index in [1.165, 1.54) is 32.1 Å². The molecule has 0 spiro atoms. The zero-order valence-corrected chi connectivity index (χ0v) is 16.8. The van der Waals surface area contributed by atoms with Gasteiger partial charge in [0.15, 0.2) is 5.96 Å². The summed E-state index contributed by atoms with van der Waals surface area (Å²) in [6.07, 6.45) is 7.28. The highest BCUT2D eigenvalue weighted by molar-refractivity contribution is 5.81. The van der Waals surface area contributed by atoms with Gasteiger partial charge in [0.25, 0.3) is 0 Å². The smallest absolute Gasteiger partial charge is 0.224 e. The maximum atomic E-state index is 12.0. The molecule has 1 saturated carbocycles. The molecule has 6 heteroatoms. The van der Waals surface area contributed by atoms with Crippen molar-refractivity contribution in [3.05, 3.63) is 0 Å². The largest absolute Gasteiger partial charge is 0.357 e. The molecule has 1 aliphatic carbocycles. The molecular weight excluding hydrogens is 314 g/mol. The zero-order chi connectivity index (χ0) is 18.5. The van der Waals surface area contributed by atoms with Crippen molar-refractivity contribution in [2.75, 3.05) is 46.3 Å². The van der Waals surface area contributed by atoms with E-state index < -0.39 is 0 Å². The first kappa shape index (κ1) is 21.7. The van der Waals surface area contributed by atoms with Crippen LogP contribution in [0.1, 0.15) is 59.3 Å². The Morgan fingerprint density at radius 3 is 2.36 bits per heavy atom. The summed E-state index contributed by atoms with van der Waals surface area (Å²) < 4.78 is 0. The number of hydrogen-bond donors (Lipinski definition) is 2. The molecule has 0 aromatic carbocycles. The SMILES string of the molecule is CCNC(=NCCN(C)C1CCCCC1)NCCC(=O)N(CC)CC. The molecular formula is C19H39N5O. The Balaban J connectivity index is 2.33. The van der Waals surface area contributed by atoms with E-state index in [2.05, 4.69) is 34.5 Å². The van der Waals surface area contributed by atoms with Gasteiger partial charge in [-0.25, -0.2) is 0 Å². The molecule has 0 radical (unpaired) electrons. The average Bonchev–Trinajstić information content (AvgIpc) is 2.63. The molecule has 0 atom stereocenters. The van der Waals surface area contributed by atoms with Gasteiger partial charge in [0.2, 0.25) is 5.91 Å². The Bertz CT molecular complexity index is 389. The van der Waals surface area contributed by atoms with Crippen LogP contribution in [0.15, 0.2) is 4.99 Å². The number of nitrogens with zero attached hydrogens (tertiary/aromatic N) is 3. The Labute approximate surface area is 154 Å². The summed E-state index contributed by atoms with van der Waals surface area (Å²) >= 11 is 0. The third-order valence-corrected chi connectivity index (χ3v) is 5.01. The number of rotatable bonds is 10. The van der Waals surface area contributed by atoms with Crippen molar-refractivity contribution in [1.29, 1.82) is 0 Å². The van der Waals surface area contributed by atoms with Crippen molar-refractivity contribution in [2.24, 2.45) is 4.99 Å². The summed E-state index contributed by atoms with van der Waals surface area (Å²) in [5.74, 6) is 1.01. The number of carbonyl (C=O) groups excluding carboxylic acids is 1. The third-order valence-electron chi connectivity index (χ3n) is 5.01. The van der Waals surface area contributed by atoms with Crippen molar-refractivity contribution < 1.29 is 4.79 Å². The fourth-order valence-electron chi connectivity index (χ4n) is 3.39. The minimum Gasteiger partial charge on any atom is -0.357 e. The van der Waals surface area contributed by atoms with Gasteiger partial charge in [0.1, 0.15) is 0 Å². The molecule has 1 fully saturated rings. The molecule has 6 nitrogen and oxygen atoms in total. The Kier molecular flexibility index (Phi) is 11.3. The predicted octanol–water partition coefficient (Wildman–Crippen LogP) is 2.06. The quantitative estimate of drug-likeness (QED) is 0.466. The van der Waals surface area contributed by atoms with E-state index in [1.807, 2.05) is 18.7 Å². The van der Waals surface area contributed by atoms with Crippen molar-refractivity contribution >= 4 is 11.9 Å². The average molecular weight is 354 g/mol. The lowest BCUT2D eigenvalue weighted by atomic mass is 9.94. The summed E-state index contributed by atoms with van der Waals surface area (Å²) in [5.41, 5.74) is 0. The summed E-state index contributed by atoms with van der Waals surface area (Å²) in [5, 5.41) is 6.54. The molecule has 0 aliphatic heterocycles. The maximum Gasteiger partial charge on any atom is 0.224 e. The van der Waals surface area contributed by atoms with Crippen molar-refractivity contribution in [1.82, 2.24) is 20.4 Å². The van der Waals surface area contributed by atoms with Gasteiger partial charge < -0.3 is 20.4 Å². The topological polar surface area (TPSA) is 60.0 Å². The van der Waals surface area contributed by atoms with E-state index in [0.29, 0.717) is 13.0 Å². The van der Waals surface area contributed by atoms with Crippen LogP contribution in [-0.2, 0) is 4.79 Å². The first-order valence-corrected chi connectivity index (χ1v) is 10.1. The lowest BCUT2D eigenvalue weighted by molar-refractivity contribution is -0.130. The van der Waals surface area contributed by atoms with Crippen LogP contribution in [0, 0.1) is 0 Å². The zero-order valence-electron chi connectivity index (χ0n) is 16.8. The molecule has 0 saturated heterocycles. The second-order valence-electron chi connectivity index (χ2n) is 6.78. The van der Waals surface area contributed by atoms with E-state index in [1.54, 1.807) is 0 Å². The number of hydrogen-bond acceptors (Lipinski definition) is 3. The number of amides is 1. The molecule has 2 N–H and O–H groups in total. The monoisotopic (exact) mass is 353 g/mol. The molecule has 0 aromatic heterocycles. The minimum absolute atomic E-state index is 0.199. The van der Waals surface area contributed by atoms with Crippen LogP contribution in [0.2, 0.25) is 0 Å². The van der Waals surface area contributed by atoms with Crippen LogP contribution in [0.5, 0.6) is 0 Å². The second-order valence-corrected chi connectivity index (χ2v) is 6.78. The molecule has 146 valence electrons. The second kappa shape index (κ2) is 13.0. The molecule has 0 bridgehead atoms. The normalized spacial score (nSPS) is 16.1. The first-order chi connectivity index (χ1) is 12.1. The predicted molar refractivity (Wildman–Crippen MR) is 106 cm³/mol. The van der Waals surface area contributed by atoms with Gasteiger partial charge in [-0.3, -0.25) is 9.79 Å². The highest BCUT2D eigenvalue weighted by Gasteiger charge is 2.17. The van der Waals surface area contributed by atoms with Gasteiger partial charge in [-0.05, 0) is 40.7 Å².